The van der Waals surface area contributed by atoms with E-state index in [1.165, 1.54) is 5.56 Å². The van der Waals surface area contributed by atoms with Gasteiger partial charge in [0.15, 0.2) is 5.82 Å². The summed E-state index contributed by atoms with van der Waals surface area (Å²) < 4.78 is 1.85. The number of hydrogen-bond donors (Lipinski definition) is 1. The molecule has 1 N–H and O–H groups in total. The molecule has 0 aliphatic rings. The first kappa shape index (κ1) is 14.7. The van der Waals surface area contributed by atoms with Gasteiger partial charge >= 0.3 is 0 Å². The Kier molecular flexibility index (Phi) is 4.90. The van der Waals surface area contributed by atoms with E-state index in [0.717, 1.165) is 24.6 Å². The molecule has 0 fully saturated rings. The molecule has 0 aromatic carbocycles. The van der Waals surface area contributed by atoms with Gasteiger partial charge in [-0.05, 0) is 42.1 Å². The fourth-order valence-electron chi connectivity index (χ4n) is 1.97. The monoisotopic (exact) mass is 272 g/mol. The van der Waals surface area contributed by atoms with Crippen LogP contribution in [0.1, 0.15) is 44.9 Å². The Bertz CT molecular complexity index is 543. The predicted molar refractivity (Wildman–Crippen MR) is 82.0 cm³/mol. The van der Waals surface area contributed by atoms with Gasteiger partial charge in [-0.25, -0.2) is 9.67 Å². The molecule has 0 saturated heterocycles. The number of nitrogens with one attached hydrogen (secondary N) is 1. The molecular formula is C16H24N4. The van der Waals surface area contributed by atoms with E-state index in [-0.39, 0.29) is 0 Å². The molecule has 20 heavy (non-hydrogen) atoms. The molecule has 0 unspecified atom stereocenters. The third kappa shape index (κ3) is 3.90. The second kappa shape index (κ2) is 6.66. The second-order valence-electron chi connectivity index (χ2n) is 5.89. The van der Waals surface area contributed by atoms with E-state index in [0.29, 0.717) is 11.8 Å². The third-order valence-corrected chi connectivity index (χ3v) is 3.13. The molecule has 0 amide bonds. The van der Waals surface area contributed by atoms with Crippen molar-refractivity contribution in [1.29, 1.82) is 0 Å². The summed E-state index contributed by atoms with van der Waals surface area (Å²) >= 11 is 0. The smallest absolute Gasteiger partial charge is 0.153 e. The van der Waals surface area contributed by atoms with Crippen LogP contribution in [0.25, 0.3) is 5.82 Å². The second-order valence-corrected chi connectivity index (χ2v) is 5.89. The van der Waals surface area contributed by atoms with E-state index in [1.807, 2.05) is 23.1 Å². The highest BCUT2D eigenvalue weighted by atomic mass is 15.3. The molecule has 2 aromatic rings. The van der Waals surface area contributed by atoms with Gasteiger partial charge in [-0.2, -0.15) is 5.10 Å². The van der Waals surface area contributed by atoms with Crippen LogP contribution in [0.3, 0.4) is 0 Å². The van der Waals surface area contributed by atoms with Gasteiger partial charge in [0.2, 0.25) is 0 Å². The minimum atomic E-state index is 0.437. The van der Waals surface area contributed by atoms with E-state index >= 15 is 0 Å². The number of rotatable bonds is 6. The van der Waals surface area contributed by atoms with Crippen LogP contribution in [0, 0.1) is 5.92 Å². The lowest BCUT2D eigenvalue weighted by Gasteiger charge is -2.08. The minimum absolute atomic E-state index is 0.437. The predicted octanol–water partition coefficient (Wildman–Crippen LogP) is 3.14. The molecule has 0 bridgehead atoms. The zero-order valence-electron chi connectivity index (χ0n) is 12.8. The largest absolute Gasteiger partial charge is 0.312 e. The summed E-state index contributed by atoms with van der Waals surface area (Å²) in [4.78, 5) is 4.40. The van der Waals surface area contributed by atoms with Crippen molar-refractivity contribution in [3.05, 3.63) is 41.9 Å². The van der Waals surface area contributed by atoms with Gasteiger partial charge in [-0.15, -0.1) is 0 Å². The molecule has 0 aliphatic carbocycles. The highest BCUT2D eigenvalue weighted by Crippen LogP contribution is 2.13. The van der Waals surface area contributed by atoms with Gasteiger partial charge in [0.25, 0.3) is 0 Å². The van der Waals surface area contributed by atoms with Gasteiger partial charge < -0.3 is 5.32 Å². The van der Waals surface area contributed by atoms with Gasteiger partial charge in [0.1, 0.15) is 0 Å². The van der Waals surface area contributed by atoms with Gasteiger partial charge in [0.05, 0.1) is 5.69 Å². The van der Waals surface area contributed by atoms with Crippen molar-refractivity contribution in [2.24, 2.45) is 5.92 Å². The quantitative estimate of drug-likeness (QED) is 0.878. The molecule has 2 aromatic heterocycles. The Morgan fingerprint density at radius 2 is 2.00 bits per heavy atom. The average molecular weight is 272 g/mol. The third-order valence-electron chi connectivity index (χ3n) is 3.13. The van der Waals surface area contributed by atoms with Crippen molar-refractivity contribution in [3.63, 3.8) is 0 Å². The molecule has 0 saturated carbocycles. The molecule has 0 radical (unpaired) electrons. The Balaban J connectivity index is 2.08. The van der Waals surface area contributed by atoms with Crippen molar-refractivity contribution in [2.75, 3.05) is 6.54 Å². The van der Waals surface area contributed by atoms with Crippen LogP contribution < -0.4 is 5.32 Å². The maximum Gasteiger partial charge on any atom is 0.153 e. The Morgan fingerprint density at radius 1 is 1.20 bits per heavy atom. The number of nitrogens with zero attached hydrogens (tertiary/aromatic N) is 3. The summed E-state index contributed by atoms with van der Waals surface area (Å²) in [6.07, 6.45) is 3.82. The van der Waals surface area contributed by atoms with Crippen molar-refractivity contribution >= 4 is 0 Å². The summed E-state index contributed by atoms with van der Waals surface area (Å²) in [5, 5.41) is 8.01. The fourth-order valence-corrected chi connectivity index (χ4v) is 1.97. The van der Waals surface area contributed by atoms with Crippen molar-refractivity contribution in [2.45, 2.75) is 40.2 Å². The maximum absolute atomic E-state index is 4.56. The maximum atomic E-state index is 4.56. The van der Waals surface area contributed by atoms with Crippen molar-refractivity contribution < 1.29 is 0 Å². The molecular weight excluding hydrogens is 248 g/mol. The Labute approximate surface area is 121 Å². The first-order valence-corrected chi connectivity index (χ1v) is 7.28. The lowest BCUT2D eigenvalue weighted by Crippen LogP contribution is -2.19. The van der Waals surface area contributed by atoms with E-state index in [2.05, 4.69) is 55.2 Å². The molecule has 0 aliphatic heterocycles. The number of hydrogen-bond acceptors (Lipinski definition) is 3. The Morgan fingerprint density at radius 3 is 2.65 bits per heavy atom. The van der Waals surface area contributed by atoms with E-state index in [9.17, 15) is 0 Å². The van der Waals surface area contributed by atoms with Gasteiger partial charge in [-0.1, -0.05) is 27.7 Å². The fraction of sp³-hybridized carbons (Fsp3) is 0.500. The first-order valence-electron chi connectivity index (χ1n) is 7.28. The lowest BCUT2D eigenvalue weighted by molar-refractivity contribution is 0.552. The number of pyridine rings is 1. The van der Waals surface area contributed by atoms with Gasteiger partial charge in [-0.3, -0.25) is 0 Å². The van der Waals surface area contributed by atoms with Crippen LogP contribution in [-0.4, -0.2) is 21.3 Å². The molecule has 4 heteroatoms. The van der Waals surface area contributed by atoms with Crippen LogP contribution in [0.15, 0.2) is 30.6 Å². The summed E-state index contributed by atoms with van der Waals surface area (Å²) in [7, 11) is 0. The normalized spacial score (nSPS) is 11.5. The van der Waals surface area contributed by atoms with Crippen LogP contribution in [0.2, 0.25) is 0 Å². The first-order chi connectivity index (χ1) is 9.56. The van der Waals surface area contributed by atoms with Crippen LogP contribution in [0.5, 0.6) is 0 Å². The van der Waals surface area contributed by atoms with Gasteiger partial charge in [0, 0.05) is 18.9 Å². The van der Waals surface area contributed by atoms with Crippen molar-refractivity contribution in [1.82, 2.24) is 20.1 Å². The molecule has 2 heterocycles. The lowest BCUT2D eigenvalue weighted by atomic mass is 10.1. The molecule has 2 rings (SSSR count). The highest BCUT2D eigenvalue weighted by molar-refractivity contribution is 5.27. The molecule has 0 spiro atoms. The van der Waals surface area contributed by atoms with Crippen LogP contribution >= 0.6 is 0 Å². The summed E-state index contributed by atoms with van der Waals surface area (Å²) in [5.74, 6) is 1.98. The van der Waals surface area contributed by atoms with Crippen molar-refractivity contribution in [3.8, 4) is 5.82 Å². The topological polar surface area (TPSA) is 42.7 Å². The molecule has 4 nitrogen and oxygen atoms in total. The van der Waals surface area contributed by atoms with E-state index in [1.54, 1.807) is 0 Å². The zero-order chi connectivity index (χ0) is 14.5. The minimum Gasteiger partial charge on any atom is -0.312 e. The summed E-state index contributed by atoms with van der Waals surface area (Å²) in [6, 6.07) is 6.18. The average Bonchev–Trinajstić information content (AvgIpc) is 2.88. The zero-order valence-corrected chi connectivity index (χ0v) is 12.8. The highest BCUT2D eigenvalue weighted by Gasteiger charge is 2.06. The summed E-state index contributed by atoms with van der Waals surface area (Å²) in [6.45, 7) is 10.6. The number of aromatic nitrogens is 3. The Hall–Kier alpha value is -1.68. The molecule has 0 atom stereocenters. The van der Waals surface area contributed by atoms with Crippen LogP contribution in [0.4, 0.5) is 0 Å². The summed E-state index contributed by atoms with van der Waals surface area (Å²) in [5.41, 5.74) is 2.33. The standard InChI is InChI=1S/C16H24N4/c1-12(2)10-17-11-14-5-7-18-16(9-14)20-8-6-15(19-20)13(3)4/h5-9,12-13,17H,10-11H2,1-4H3. The van der Waals surface area contributed by atoms with E-state index in [4.69, 9.17) is 0 Å². The molecule has 108 valence electrons. The SMILES string of the molecule is CC(C)CNCc1ccnc(-n2ccc(C(C)C)n2)c1. The van der Waals surface area contributed by atoms with E-state index < -0.39 is 0 Å². The van der Waals surface area contributed by atoms with Crippen LogP contribution in [-0.2, 0) is 6.54 Å².